The molecule has 1 amide bonds. The van der Waals surface area contributed by atoms with Crippen LogP contribution in [0.5, 0.6) is 0 Å². The molecule has 0 aromatic carbocycles. The minimum Gasteiger partial charge on any atom is -0.443 e. The molecule has 6 nitrogen and oxygen atoms in total. The van der Waals surface area contributed by atoms with Crippen LogP contribution in [0.2, 0.25) is 0 Å². The van der Waals surface area contributed by atoms with E-state index in [0.717, 1.165) is 17.1 Å². The summed E-state index contributed by atoms with van der Waals surface area (Å²) in [5.41, 5.74) is 2.76. The highest BCUT2D eigenvalue weighted by Gasteiger charge is 2.17. The number of H-pyrrole nitrogens is 1. The molecule has 0 radical (unpaired) electrons. The second-order valence-electron chi connectivity index (χ2n) is 5.94. The number of nitrogens with one attached hydrogen (secondary N) is 1. The molecule has 124 valence electrons. The van der Waals surface area contributed by atoms with Gasteiger partial charge in [-0.05, 0) is 25.0 Å². The average molecular weight is 316 g/mol. The average Bonchev–Trinajstić information content (AvgIpc) is 2.95. The van der Waals surface area contributed by atoms with Crippen LogP contribution in [0, 0.1) is 12.8 Å². The molecule has 0 saturated heterocycles. The molecule has 23 heavy (non-hydrogen) atoms. The summed E-state index contributed by atoms with van der Waals surface area (Å²) >= 11 is 0. The molecule has 0 fully saturated rings. The molecule has 0 atom stereocenters. The maximum atomic E-state index is 12.3. The van der Waals surface area contributed by atoms with Gasteiger partial charge in [-0.1, -0.05) is 19.9 Å². The molecule has 0 unspecified atom stereocenters. The van der Waals surface area contributed by atoms with E-state index in [0.29, 0.717) is 25.4 Å². The Balaban J connectivity index is 1.91. The molecule has 2 aromatic heterocycles. The fourth-order valence-corrected chi connectivity index (χ4v) is 2.29. The quantitative estimate of drug-likeness (QED) is 0.852. The first-order chi connectivity index (χ1) is 11.1. The molecule has 0 bridgehead atoms. The summed E-state index contributed by atoms with van der Waals surface area (Å²) < 4.78 is 5.39. The number of imidazole rings is 1. The predicted octanol–water partition coefficient (Wildman–Crippen LogP) is 2.95. The van der Waals surface area contributed by atoms with Crippen LogP contribution >= 0.6 is 0 Å². The first kappa shape index (κ1) is 17.0. The van der Waals surface area contributed by atoms with Gasteiger partial charge in [0.25, 0.3) is 0 Å². The Hall–Kier alpha value is -2.37. The van der Waals surface area contributed by atoms with Crippen molar-refractivity contribution in [2.24, 2.45) is 5.92 Å². The number of aromatic nitrogens is 3. The number of nitrogens with zero attached hydrogens (tertiary/aromatic N) is 3. The Bertz CT molecular complexity index is 610. The maximum absolute atomic E-state index is 12.3. The summed E-state index contributed by atoms with van der Waals surface area (Å²) in [6.45, 7) is 7.58. The summed E-state index contributed by atoms with van der Waals surface area (Å²) in [6.07, 6.45) is 3.77. The van der Waals surface area contributed by atoms with E-state index in [4.69, 9.17) is 4.74 Å². The van der Waals surface area contributed by atoms with Crippen LogP contribution in [-0.4, -0.2) is 39.0 Å². The highest BCUT2D eigenvalue weighted by molar-refractivity contribution is 5.67. The second-order valence-corrected chi connectivity index (χ2v) is 5.94. The highest BCUT2D eigenvalue weighted by Crippen LogP contribution is 2.08. The maximum Gasteiger partial charge on any atom is 0.410 e. The van der Waals surface area contributed by atoms with Crippen LogP contribution in [0.3, 0.4) is 0 Å². The van der Waals surface area contributed by atoms with E-state index in [9.17, 15) is 4.79 Å². The number of carbonyl (C=O) groups excluding carboxylic acids is 1. The van der Waals surface area contributed by atoms with E-state index in [1.165, 1.54) is 0 Å². The van der Waals surface area contributed by atoms with E-state index in [-0.39, 0.29) is 12.7 Å². The lowest BCUT2D eigenvalue weighted by Crippen LogP contribution is -2.36. The zero-order valence-electron chi connectivity index (χ0n) is 14.0. The lowest BCUT2D eigenvalue weighted by Gasteiger charge is -2.23. The second kappa shape index (κ2) is 8.31. The van der Waals surface area contributed by atoms with Crippen LogP contribution in [0.1, 0.15) is 30.9 Å². The smallest absolute Gasteiger partial charge is 0.410 e. The molecular formula is C17H24N4O2. The summed E-state index contributed by atoms with van der Waals surface area (Å²) in [4.78, 5) is 25.6. The number of carbonyl (C=O) groups is 1. The van der Waals surface area contributed by atoms with Crippen molar-refractivity contribution in [2.75, 3.05) is 13.1 Å². The summed E-state index contributed by atoms with van der Waals surface area (Å²) in [6, 6.07) is 5.55. The van der Waals surface area contributed by atoms with Crippen LogP contribution < -0.4 is 0 Å². The monoisotopic (exact) mass is 316 g/mol. The van der Waals surface area contributed by atoms with Gasteiger partial charge in [0.2, 0.25) is 0 Å². The van der Waals surface area contributed by atoms with Crippen molar-refractivity contribution in [2.45, 2.75) is 33.8 Å². The number of hydrogen-bond donors (Lipinski definition) is 1. The van der Waals surface area contributed by atoms with Crippen molar-refractivity contribution in [3.05, 3.63) is 47.8 Å². The highest BCUT2D eigenvalue weighted by atomic mass is 16.6. The molecule has 1 N–H and O–H groups in total. The fourth-order valence-electron chi connectivity index (χ4n) is 2.29. The minimum absolute atomic E-state index is 0.190. The Kier molecular flexibility index (Phi) is 6.14. The van der Waals surface area contributed by atoms with Gasteiger partial charge in [0.15, 0.2) is 0 Å². The van der Waals surface area contributed by atoms with Gasteiger partial charge >= 0.3 is 6.09 Å². The number of amides is 1. The van der Waals surface area contributed by atoms with Gasteiger partial charge in [0.1, 0.15) is 6.61 Å². The van der Waals surface area contributed by atoms with Crippen molar-refractivity contribution in [1.29, 1.82) is 0 Å². The molecule has 0 spiro atoms. The number of rotatable bonds is 7. The fraction of sp³-hybridized carbons (Fsp3) is 0.471. The van der Waals surface area contributed by atoms with E-state index < -0.39 is 0 Å². The molecule has 0 aliphatic carbocycles. The Morgan fingerprint density at radius 3 is 2.78 bits per heavy atom. The van der Waals surface area contributed by atoms with Gasteiger partial charge in [-0.3, -0.25) is 4.98 Å². The standard InChI is InChI=1S/C17H24N4O2/c1-13(2)10-21(9-7-16-14(3)19-12-20-16)17(22)23-11-15-6-4-5-8-18-15/h4-6,8,12-13H,7,9-11H2,1-3H3,(H,19,20). The molecule has 6 heteroatoms. The summed E-state index contributed by atoms with van der Waals surface area (Å²) in [7, 11) is 0. The van der Waals surface area contributed by atoms with Crippen molar-refractivity contribution >= 4 is 6.09 Å². The number of hydrogen-bond acceptors (Lipinski definition) is 4. The molecular weight excluding hydrogens is 292 g/mol. The van der Waals surface area contributed by atoms with Gasteiger partial charge in [0, 0.05) is 31.4 Å². The lowest BCUT2D eigenvalue weighted by molar-refractivity contribution is 0.0912. The summed E-state index contributed by atoms with van der Waals surface area (Å²) in [5, 5.41) is 0. The van der Waals surface area contributed by atoms with E-state index in [1.807, 2.05) is 25.1 Å². The van der Waals surface area contributed by atoms with Gasteiger partial charge in [0.05, 0.1) is 17.7 Å². The van der Waals surface area contributed by atoms with Crippen molar-refractivity contribution < 1.29 is 9.53 Å². The third-order valence-electron chi connectivity index (χ3n) is 3.47. The van der Waals surface area contributed by atoms with E-state index in [1.54, 1.807) is 17.4 Å². The van der Waals surface area contributed by atoms with E-state index in [2.05, 4.69) is 28.8 Å². The number of aromatic amines is 1. The van der Waals surface area contributed by atoms with E-state index >= 15 is 0 Å². The largest absolute Gasteiger partial charge is 0.443 e. The normalized spacial score (nSPS) is 10.8. The van der Waals surface area contributed by atoms with Gasteiger partial charge < -0.3 is 14.6 Å². The van der Waals surface area contributed by atoms with Gasteiger partial charge in [-0.25, -0.2) is 9.78 Å². The molecule has 2 heterocycles. The van der Waals surface area contributed by atoms with Gasteiger partial charge in [-0.2, -0.15) is 0 Å². The van der Waals surface area contributed by atoms with Crippen LogP contribution in [0.25, 0.3) is 0 Å². The molecule has 0 aliphatic rings. The van der Waals surface area contributed by atoms with Crippen LogP contribution in [0.15, 0.2) is 30.7 Å². The number of pyridine rings is 1. The van der Waals surface area contributed by atoms with Crippen LogP contribution in [-0.2, 0) is 17.8 Å². The SMILES string of the molecule is Cc1[nH]cnc1CCN(CC(C)C)C(=O)OCc1ccccn1. The molecule has 2 aromatic rings. The van der Waals surface area contributed by atoms with Crippen molar-refractivity contribution in [3.63, 3.8) is 0 Å². The zero-order chi connectivity index (χ0) is 16.7. The third-order valence-corrected chi connectivity index (χ3v) is 3.47. The first-order valence-electron chi connectivity index (χ1n) is 7.86. The molecule has 0 aliphatic heterocycles. The van der Waals surface area contributed by atoms with Crippen molar-refractivity contribution in [1.82, 2.24) is 19.9 Å². The van der Waals surface area contributed by atoms with Crippen LogP contribution in [0.4, 0.5) is 4.79 Å². The summed E-state index contributed by atoms with van der Waals surface area (Å²) in [5.74, 6) is 0.373. The minimum atomic E-state index is -0.308. The predicted molar refractivity (Wildman–Crippen MR) is 87.9 cm³/mol. The molecule has 2 rings (SSSR count). The number of ether oxygens (including phenoxy) is 1. The first-order valence-corrected chi connectivity index (χ1v) is 7.86. The number of aryl methyl sites for hydroxylation is 1. The van der Waals surface area contributed by atoms with Gasteiger partial charge in [-0.15, -0.1) is 0 Å². The topological polar surface area (TPSA) is 71.1 Å². The molecule has 0 saturated carbocycles. The Labute approximate surface area is 136 Å². The third kappa shape index (κ3) is 5.39. The lowest BCUT2D eigenvalue weighted by atomic mass is 10.2. The van der Waals surface area contributed by atoms with Crippen molar-refractivity contribution in [3.8, 4) is 0 Å². The zero-order valence-corrected chi connectivity index (χ0v) is 14.0. The Morgan fingerprint density at radius 1 is 1.35 bits per heavy atom. The Morgan fingerprint density at radius 2 is 2.17 bits per heavy atom.